The van der Waals surface area contributed by atoms with Gasteiger partial charge in [-0.3, -0.25) is 9.69 Å². The minimum absolute atomic E-state index is 0.00317. The zero-order valence-corrected chi connectivity index (χ0v) is 39.9. The Balaban J connectivity index is 1.73. The number of carbonyl (C=O) groups is 3. The number of alkyl carbamates (subject to hydrolysis) is 2. The lowest BCUT2D eigenvalue weighted by Gasteiger charge is -2.47. The number of aliphatic hydroxyl groups excluding tert-OH is 1. The van der Waals surface area contributed by atoms with Gasteiger partial charge in [0.2, 0.25) is 0 Å². The van der Waals surface area contributed by atoms with E-state index in [0.717, 1.165) is 5.56 Å². The molecular formula is C47H71ClFN3O12. The van der Waals surface area contributed by atoms with E-state index >= 15 is 0 Å². The zero-order valence-electron chi connectivity index (χ0n) is 39.1. The van der Waals surface area contributed by atoms with E-state index in [1.165, 1.54) is 38.3 Å². The first kappa shape index (κ1) is 53.0. The number of benzene rings is 2. The molecule has 5 N–H and O–H groups in total. The van der Waals surface area contributed by atoms with Crippen LogP contribution in [-0.2, 0) is 46.2 Å². The van der Waals surface area contributed by atoms with Gasteiger partial charge in [-0.05, 0) is 103 Å². The lowest BCUT2D eigenvalue weighted by atomic mass is 9.78. The Bertz CT molecular complexity index is 1840. The van der Waals surface area contributed by atoms with Gasteiger partial charge >= 0.3 is 18.2 Å². The number of hydrogen-bond acceptors (Lipinski definition) is 13. The van der Waals surface area contributed by atoms with Gasteiger partial charge in [-0.1, -0.05) is 62.7 Å². The van der Waals surface area contributed by atoms with Crippen molar-refractivity contribution < 1.29 is 62.5 Å². The Hall–Kier alpha value is -3.61. The third kappa shape index (κ3) is 13.5. The van der Waals surface area contributed by atoms with Crippen LogP contribution in [0.1, 0.15) is 92.7 Å². The summed E-state index contributed by atoms with van der Waals surface area (Å²) in [5, 5.41) is 42.0. The number of likely N-dealkylation sites (N-methyl/N-ethyl adjacent to an activating group) is 1. The van der Waals surface area contributed by atoms with Gasteiger partial charge in [0, 0.05) is 50.1 Å². The molecule has 2 heterocycles. The summed E-state index contributed by atoms with van der Waals surface area (Å²) in [5.41, 5.74) is -3.36. The molecule has 2 fully saturated rings. The highest BCUT2D eigenvalue weighted by Crippen LogP contribution is 2.39. The molecule has 0 bridgehead atoms. The van der Waals surface area contributed by atoms with Crippen molar-refractivity contribution in [2.75, 3.05) is 27.2 Å². The Morgan fingerprint density at radius 2 is 1.58 bits per heavy atom. The number of halogens is 2. The standard InChI is InChI=1S/C47H71ClFN3O12/c1-12-36-47(9,58)41(64-43(55)50-22-21-33-15-13-14-16-35(33)48)30(5)52(10)26-27(2)23-45(7,57)40(63-44(56)51-25-32-17-19-34(49)20-18-32)28(3)38(29(4)42(54)61-36)62-37-24-46(8,59-11)39(53)31(6)60-37/h13-20,27-31,36-41,53,57-58H,12,21-26H2,1-11H3,(H,50,55)(H,51,56)/t27-,28+,29-,30-,31+,36-,37+,38+,39+,40-,41-,45-,46-,47-/m1/s1. The lowest BCUT2D eigenvalue weighted by Crippen LogP contribution is -2.61. The second-order valence-corrected chi connectivity index (χ2v) is 18.9. The topological polar surface area (TPSA) is 195 Å². The summed E-state index contributed by atoms with van der Waals surface area (Å²) in [6.45, 7) is 15.6. The quantitative estimate of drug-likeness (QED) is 0.127. The van der Waals surface area contributed by atoms with Crippen LogP contribution in [0.2, 0.25) is 5.02 Å². The van der Waals surface area contributed by atoms with Crippen molar-refractivity contribution in [1.82, 2.24) is 15.5 Å². The molecule has 0 aromatic heterocycles. The summed E-state index contributed by atoms with van der Waals surface area (Å²) >= 11 is 6.33. The Morgan fingerprint density at radius 1 is 0.953 bits per heavy atom. The number of hydrogen-bond donors (Lipinski definition) is 5. The van der Waals surface area contributed by atoms with Crippen LogP contribution >= 0.6 is 11.6 Å². The van der Waals surface area contributed by atoms with Crippen molar-refractivity contribution in [3.05, 3.63) is 70.5 Å². The lowest BCUT2D eigenvalue weighted by molar-refractivity contribution is -0.299. The van der Waals surface area contributed by atoms with Crippen LogP contribution in [0.5, 0.6) is 0 Å². The number of esters is 1. The van der Waals surface area contributed by atoms with Gasteiger partial charge in [0.1, 0.15) is 29.7 Å². The molecule has 64 heavy (non-hydrogen) atoms. The average Bonchev–Trinajstić information content (AvgIpc) is 3.23. The van der Waals surface area contributed by atoms with Crippen molar-refractivity contribution in [1.29, 1.82) is 0 Å². The molecule has 4 rings (SSSR count). The maximum atomic E-state index is 14.5. The molecule has 2 saturated heterocycles. The second kappa shape index (κ2) is 22.7. The molecule has 0 saturated carbocycles. The fraction of sp³-hybridized carbons (Fsp3) is 0.681. The van der Waals surface area contributed by atoms with E-state index in [2.05, 4.69) is 10.6 Å². The first-order valence-electron chi connectivity index (χ1n) is 22.2. The van der Waals surface area contributed by atoms with Gasteiger partial charge in [-0.25, -0.2) is 14.0 Å². The van der Waals surface area contributed by atoms with E-state index in [9.17, 15) is 34.1 Å². The minimum atomic E-state index is -1.94. The second-order valence-electron chi connectivity index (χ2n) is 18.5. The first-order valence-corrected chi connectivity index (χ1v) is 22.6. The highest BCUT2D eigenvalue weighted by Gasteiger charge is 2.52. The highest BCUT2D eigenvalue weighted by molar-refractivity contribution is 6.31. The van der Waals surface area contributed by atoms with Gasteiger partial charge in [0.05, 0.1) is 29.3 Å². The summed E-state index contributed by atoms with van der Waals surface area (Å²) in [5.74, 6) is -3.62. The van der Waals surface area contributed by atoms with Gasteiger partial charge < -0.3 is 54.4 Å². The maximum Gasteiger partial charge on any atom is 0.407 e. The SMILES string of the molecule is CC[C@H]1OC(=O)[C@H](C)[C@@H](O[C@H]2C[C@@](C)(OC)[C@@H](O)[C@H](C)O2)[C@H](C)[C@@H](OC(=O)NCc2ccc(F)cc2)[C@](C)(O)C[C@@H](C)CN(C)[C@H](C)[C@@H](OC(=O)NCCc2ccccc2Cl)[C@]1(C)O. The predicted molar refractivity (Wildman–Crippen MR) is 238 cm³/mol. The summed E-state index contributed by atoms with van der Waals surface area (Å²) in [4.78, 5) is 43.6. The van der Waals surface area contributed by atoms with E-state index in [0.29, 0.717) is 23.6 Å². The number of cyclic esters (lactones) is 1. The molecule has 0 aliphatic carbocycles. The third-order valence-corrected chi connectivity index (χ3v) is 13.4. The minimum Gasteiger partial charge on any atom is -0.459 e. The van der Waals surface area contributed by atoms with E-state index in [1.54, 1.807) is 61.6 Å². The number of carbonyl (C=O) groups excluding carboxylic acids is 3. The molecule has 2 amide bonds. The van der Waals surface area contributed by atoms with Crippen molar-refractivity contribution in [2.24, 2.45) is 17.8 Å². The van der Waals surface area contributed by atoms with E-state index < -0.39 is 102 Å². The van der Waals surface area contributed by atoms with Crippen molar-refractivity contribution >= 4 is 29.8 Å². The number of nitrogens with one attached hydrogen (secondary N) is 2. The summed E-state index contributed by atoms with van der Waals surface area (Å²) in [7, 11) is 3.26. The highest BCUT2D eigenvalue weighted by atomic mass is 35.5. The molecule has 15 nitrogen and oxygen atoms in total. The number of ether oxygens (including phenoxy) is 6. The molecule has 2 aromatic rings. The molecule has 0 radical (unpaired) electrons. The number of aliphatic hydroxyl groups is 3. The van der Waals surface area contributed by atoms with E-state index in [-0.39, 0.29) is 38.3 Å². The molecule has 2 aliphatic heterocycles. The first-order chi connectivity index (χ1) is 29.9. The molecule has 14 atom stereocenters. The van der Waals surface area contributed by atoms with Crippen molar-refractivity contribution in [3.8, 4) is 0 Å². The third-order valence-electron chi connectivity index (χ3n) is 13.0. The summed E-state index contributed by atoms with van der Waals surface area (Å²) < 4.78 is 50.5. The van der Waals surface area contributed by atoms with Crippen LogP contribution in [0, 0.1) is 23.6 Å². The fourth-order valence-corrected chi connectivity index (χ4v) is 9.42. The molecule has 2 aromatic carbocycles. The van der Waals surface area contributed by atoms with Gasteiger partial charge in [0.25, 0.3) is 0 Å². The van der Waals surface area contributed by atoms with E-state index in [1.807, 2.05) is 30.0 Å². The Labute approximate surface area is 382 Å². The largest absolute Gasteiger partial charge is 0.459 e. The summed E-state index contributed by atoms with van der Waals surface area (Å²) in [6, 6.07) is 12.2. The Morgan fingerprint density at radius 3 is 2.20 bits per heavy atom. The van der Waals surface area contributed by atoms with Gasteiger partial charge in [0.15, 0.2) is 12.4 Å². The van der Waals surface area contributed by atoms with Crippen molar-refractivity contribution in [2.45, 2.75) is 160 Å². The van der Waals surface area contributed by atoms with Gasteiger partial charge in [-0.2, -0.15) is 0 Å². The fourth-order valence-electron chi connectivity index (χ4n) is 9.19. The molecule has 2 aliphatic rings. The molecule has 0 unspecified atom stereocenters. The van der Waals surface area contributed by atoms with Gasteiger partial charge in [-0.15, -0.1) is 0 Å². The number of nitrogens with zero attached hydrogens (tertiary/aromatic N) is 1. The van der Waals surface area contributed by atoms with Crippen LogP contribution < -0.4 is 10.6 Å². The molecule has 360 valence electrons. The average molecular weight is 925 g/mol. The van der Waals surface area contributed by atoms with Crippen LogP contribution in [0.15, 0.2) is 48.5 Å². The molecule has 17 heteroatoms. The Kier molecular flexibility index (Phi) is 18.8. The zero-order chi connectivity index (χ0) is 47.7. The summed E-state index contributed by atoms with van der Waals surface area (Å²) in [6.07, 6.45) is -8.75. The maximum absolute atomic E-state index is 14.5. The van der Waals surface area contributed by atoms with Crippen LogP contribution in [0.4, 0.5) is 14.0 Å². The molecular weight excluding hydrogens is 853 g/mol. The number of methoxy groups -OCH3 is 1. The smallest absolute Gasteiger partial charge is 0.407 e. The normalized spacial score (nSPS) is 35.9. The van der Waals surface area contributed by atoms with E-state index in [4.69, 9.17) is 40.0 Å². The number of rotatable bonds is 11. The van der Waals surface area contributed by atoms with Crippen LogP contribution in [0.25, 0.3) is 0 Å². The number of amides is 2. The predicted octanol–water partition coefficient (Wildman–Crippen LogP) is 6.15. The van der Waals surface area contributed by atoms with Crippen LogP contribution in [0.3, 0.4) is 0 Å². The van der Waals surface area contributed by atoms with Crippen molar-refractivity contribution in [3.63, 3.8) is 0 Å². The van der Waals surface area contributed by atoms with Crippen LogP contribution in [-0.4, -0.2) is 131 Å². The monoisotopic (exact) mass is 923 g/mol. The molecule has 0 spiro atoms.